The average Bonchev–Trinajstić information content (AvgIpc) is 3.21. The normalized spacial score (nSPS) is 18.1. The van der Waals surface area contributed by atoms with Crippen molar-refractivity contribution < 1.29 is 18.0 Å². The maximum atomic E-state index is 12.8. The number of nitrogens with one attached hydrogen (secondary N) is 1. The van der Waals surface area contributed by atoms with Crippen LogP contribution in [0.4, 0.5) is 19.0 Å². The maximum Gasteiger partial charge on any atom is 0.417 e. The number of thiophene rings is 1. The van der Waals surface area contributed by atoms with Gasteiger partial charge in [-0.25, -0.2) is 4.98 Å². The molecule has 0 spiro atoms. The summed E-state index contributed by atoms with van der Waals surface area (Å²) >= 11 is 7.86. The number of alkyl halides is 3. The minimum absolute atomic E-state index is 0.0203. The van der Waals surface area contributed by atoms with Crippen molar-refractivity contribution in [3.63, 3.8) is 0 Å². The van der Waals surface area contributed by atoms with Crippen molar-refractivity contribution in [2.75, 3.05) is 37.6 Å². The van der Waals surface area contributed by atoms with Gasteiger partial charge < -0.3 is 10.2 Å². The summed E-state index contributed by atoms with van der Waals surface area (Å²) in [5.74, 6) is 0.278. The third-order valence-corrected chi connectivity index (χ3v) is 7.23. The summed E-state index contributed by atoms with van der Waals surface area (Å²) in [5.41, 5.74) is 0.532. The Hall–Kier alpha value is -1.84. The highest BCUT2D eigenvalue weighted by atomic mass is 35.5. The topological polar surface area (TPSA) is 48.5 Å². The van der Waals surface area contributed by atoms with E-state index in [0.29, 0.717) is 38.3 Å². The average molecular weight is 473 g/mol. The van der Waals surface area contributed by atoms with E-state index in [1.54, 1.807) is 0 Å². The predicted molar refractivity (Wildman–Crippen MR) is 115 cm³/mol. The van der Waals surface area contributed by atoms with E-state index in [2.05, 4.69) is 26.6 Å². The number of amides is 1. The SMILES string of the molecule is O=C(NCCN1CCc2sccc2C1)C1CCN(c2ncc(C(F)(F)F)cc2Cl)CC1. The molecule has 0 atom stereocenters. The van der Waals surface area contributed by atoms with Crippen LogP contribution >= 0.6 is 22.9 Å². The van der Waals surface area contributed by atoms with E-state index in [1.165, 1.54) is 10.4 Å². The highest BCUT2D eigenvalue weighted by Gasteiger charge is 2.33. The molecule has 1 amide bonds. The maximum absolute atomic E-state index is 12.8. The molecule has 2 aliphatic rings. The Morgan fingerprint density at radius 3 is 2.77 bits per heavy atom. The molecule has 0 aromatic carbocycles. The van der Waals surface area contributed by atoms with Gasteiger partial charge in [0.15, 0.2) is 0 Å². The lowest BCUT2D eigenvalue weighted by molar-refractivity contribution is -0.137. The third kappa shape index (κ3) is 5.32. The molecule has 168 valence electrons. The molecule has 0 bridgehead atoms. The molecule has 0 aliphatic carbocycles. The summed E-state index contributed by atoms with van der Waals surface area (Å²) in [5, 5.41) is 5.16. The van der Waals surface area contributed by atoms with E-state index >= 15 is 0 Å². The molecule has 4 rings (SSSR count). The van der Waals surface area contributed by atoms with Crippen molar-refractivity contribution in [1.82, 2.24) is 15.2 Å². The summed E-state index contributed by atoms with van der Waals surface area (Å²) in [7, 11) is 0. The van der Waals surface area contributed by atoms with Gasteiger partial charge in [-0.15, -0.1) is 11.3 Å². The number of rotatable bonds is 5. The van der Waals surface area contributed by atoms with E-state index in [0.717, 1.165) is 38.3 Å². The van der Waals surface area contributed by atoms with Gasteiger partial charge in [0.2, 0.25) is 5.91 Å². The highest BCUT2D eigenvalue weighted by molar-refractivity contribution is 7.10. The van der Waals surface area contributed by atoms with E-state index in [9.17, 15) is 18.0 Å². The number of piperidine rings is 1. The van der Waals surface area contributed by atoms with Gasteiger partial charge in [0.25, 0.3) is 0 Å². The Labute approximate surface area is 188 Å². The Morgan fingerprint density at radius 2 is 2.06 bits per heavy atom. The molecule has 2 aromatic heterocycles. The lowest BCUT2D eigenvalue weighted by Gasteiger charge is -2.33. The number of anilines is 1. The molecule has 5 nitrogen and oxygen atoms in total. The zero-order chi connectivity index (χ0) is 22.0. The summed E-state index contributed by atoms with van der Waals surface area (Å²) < 4.78 is 38.4. The minimum Gasteiger partial charge on any atom is -0.355 e. The molecule has 1 fully saturated rings. The Morgan fingerprint density at radius 1 is 1.29 bits per heavy atom. The summed E-state index contributed by atoms with van der Waals surface area (Å²) in [6.07, 6.45) is -1.36. The van der Waals surface area contributed by atoms with Gasteiger partial charge in [-0.1, -0.05) is 11.6 Å². The van der Waals surface area contributed by atoms with Gasteiger partial charge in [0, 0.05) is 56.3 Å². The van der Waals surface area contributed by atoms with Gasteiger partial charge in [-0.3, -0.25) is 9.69 Å². The second kappa shape index (κ2) is 9.34. The Bertz CT molecular complexity index is 928. The number of halogens is 4. The number of carbonyl (C=O) groups is 1. The van der Waals surface area contributed by atoms with Crippen LogP contribution in [0, 0.1) is 5.92 Å². The van der Waals surface area contributed by atoms with Crippen LogP contribution in [-0.2, 0) is 23.9 Å². The van der Waals surface area contributed by atoms with Crippen molar-refractivity contribution in [2.45, 2.75) is 32.0 Å². The van der Waals surface area contributed by atoms with Crippen LogP contribution in [0.25, 0.3) is 0 Å². The summed E-state index contributed by atoms with van der Waals surface area (Å²) in [4.78, 5) is 22.1. The van der Waals surface area contributed by atoms with Crippen molar-refractivity contribution in [3.8, 4) is 0 Å². The summed E-state index contributed by atoms with van der Waals surface area (Å²) in [6.45, 7) is 4.46. The van der Waals surface area contributed by atoms with Gasteiger partial charge in [-0.05, 0) is 42.3 Å². The zero-order valence-electron chi connectivity index (χ0n) is 16.9. The van der Waals surface area contributed by atoms with E-state index in [-0.39, 0.29) is 16.8 Å². The quantitative estimate of drug-likeness (QED) is 0.708. The van der Waals surface area contributed by atoms with E-state index in [4.69, 9.17) is 11.6 Å². The van der Waals surface area contributed by atoms with Crippen molar-refractivity contribution in [3.05, 3.63) is 44.7 Å². The van der Waals surface area contributed by atoms with Crippen molar-refractivity contribution in [2.24, 2.45) is 5.92 Å². The first-order chi connectivity index (χ1) is 14.8. The predicted octanol–water partition coefficient (Wildman–Crippen LogP) is 4.21. The van der Waals surface area contributed by atoms with E-state index < -0.39 is 11.7 Å². The molecular weight excluding hydrogens is 449 g/mol. The largest absolute Gasteiger partial charge is 0.417 e. The van der Waals surface area contributed by atoms with Crippen molar-refractivity contribution in [1.29, 1.82) is 0 Å². The molecule has 4 heterocycles. The molecular formula is C21H24ClF3N4OS. The van der Waals surface area contributed by atoms with Crippen LogP contribution in [0.2, 0.25) is 5.02 Å². The van der Waals surface area contributed by atoms with Crippen LogP contribution in [0.5, 0.6) is 0 Å². The number of nitrogens with zero attached hydrogens (tertiary/aromatic N) is 3. The highest BCUT2D eigenvalue weighted by Crippen LogP contribution is 2.34. The molecule has 1 N–H and O–H groups in total. The van der Waals surface area contributed by atoms with Crippen molar-refractivity contribution >= 4 is 34.7 Å². The van der Waals surface area contributed by atoms with Gasteiger partial charge in [0.05, 0.1) is 10.6 Å². The van der Waals surface area contributed by atoms with Gasteiger partial charge in [0.1, 0.15) is 5.82 Å². The van der Waals surface area contributed by atoms with Crippen LogP contribution in [0.15, 0.2) is 23.7 Å². The van der Waals surface area contributed by atoms with Crippen LogP contribution in [0.3, 0.4) is 0 Å². The van der Waals surface area contributed by atoms with Gasteiger partial charge in [-0.2, -0.15) is 13.2 Å². The molecule has 10 heteroatoms. The molecule has 0 saturated carbocycles. The first-order valence-corrected chi connectivity index (χ1v) is 11.6. The zero-order valence-corrected chi connectivity index (χ0v) is 18.5. The lowest BCUT2D eigenvalue weighted by atomic mass is 9.96. The van der Waals surface area contributed by atoms with Crippen LogP contribution in [0.1, 0.15) is 28.8 Å². The van der Waals surface area contributed by atoms with E-state index in [1.807, 2.05) is 16.2 Å². The molecule has 0 unspecified atom stereocenters. The Balaban J connectivity index is 1.22. The molecule has 1 saturated heterocycles. The number of carbonyl (C=O) groups excluding carboxylic acids is 1. The fourth-order valence-electron chi connectivity index (χ4n) is 4.15. The molecule has 31 heavy (non-hydrogen) atoms. The monoisotopic (exact) mass is 472 g/mol. The fourth-order valence-corrected chi connectivity index (χ4v) is 5.33. The van der Waals surface area contributed by atoms with Crippen LogP contribution in [-0.4, -0.2) is 48.5 Å². The lowest BCUT2D eigenvalue weighted by Crippen LogP contribution is -2.43. The minimum atomic E-state index is -4.47. The number of hydrogen-bond donors (Lipinski definition) is 1. The smallest absolute Gasteiger partial charge is 0.355 e. The standard InChI is InChI=1S/C21H24ClF3N4OS/c22-17-11-16(21(23,24)25)12-27-19(17)29-7-1-14(2-8-29)20(30)26-5-9-28-6-3-18-15(13-28)4-10-31-18/h4,10-12,14H,1-3,5-9,13H2,(H,26,30). The second-order valence-corrected chi connectivity index (χ2v) is 9.38. The molecule has 2 aliphatic heterocycles. The summed E-state index contributed by atoms with van der Waals surface area (Å²) in [6, 6.07) is 3.08. The number of hydrogen-bond acceptors (Lipinski definition) is 5. The van der Waals surface area contributed by atoms with Gasteiger partial charge >= 0.3 is 6.18 Å². The Kier molecular flexibility index (Phi) is 6.74. The molecule has 0 radical (unpaired) electrons. The molecule has 2 aromatic rings. The first-order valence-electron chi connectivity index (χ1n) is 10.3. The second-order valence-electron chi connectivity index (χ2n) is 7.97. The number of aromatic nitrogens is 1. The third-order valence-electron chi connectivity index (χ3n) is 5.93. The first kappa shape index (κ1) is 22.4. The fraction of sp³-hybridized carbons (Fsp3) is 0.524. The number of pyridine rings is 1. The number of fused-ring (bicyclic) bond motifs is 1. The van der Waals surface area contributed by atoms with Crippen LogP contribution < -0.4 is 10.2 Å².